The Morgan fingerprint density at radius 3 is 2.52 bits per heavy atom. The highest BCUT2D eigenvalue weighted by Gasteiger charge is 2.31. The van der Waals surface area contributed by atoms with Crippen molar-refractivity contribution in [2.24, 2.45) is 0 Å². The maximum atomic E-state index is 12.5. The lowest BCUT2D eigenvalue weighted by Crippen LogP contribution is -2.41. The van der Waals surface area contributed by atoms with Crippen molar-refractivity contribution in [3.05, 3.63) is 34.3 Å². The number of hydrogen-bond donors (Lipinski definition) is 0. The van der Waals surface area contributed by atoms with Crippen molar-refractivity contribution >= 4 is 33.0 Å². The zero-order valence-electron chi connectivity index (χ0n) is 12.5. The quantitative estimate of drug-likeness (QED) is 0.823. The van der Waals surface area contributed by atoms with E-state index in [9.17, 15) is 8.42 Å². The molecule has 0 aromatic carbocycles. The van der Waals surface area contributed by atoms with Gasteiger partial charge < -0.3 is 4.74 Å². The van der Waals surface area contributed by atoms with Crippen molar-refractivity contribution < 1.29 is 13.2 Å². The molecule has 2 aromatic heterocycles. The van der Waals surface area contributed by atoms with Crippen LogP contribution in [0.15, 0.2) is 28.5 Å². The number of aryl methyl sites for hydroxylation is 1. The summed E-state index contributed by atoms with van der Waals surface area (Å²) in [6, 6.07) is 6.76. The van der Waals surface area contributed by atoms with Gasteiger partial charge in [-0.05, 0) is 38.0 Å². The van der Waals surface area contributed by atoms with Crippen LogP contribution in [0.1, 0.15) is 18.5 Å². The average molecular weight is 374 g/mol. The second-order valence-corrected chi connectivity index (χ2v) is 9.17. The summed E-state index contributed by atoms with van der Waals surface area (Å²) in [5, 5.41) is 7.92. The first-order valence-electron chi connectivity index (χ1n) is 7.17. The molecule has 3 heterocycles. The highest BCUT2D eigenvalue weighted by Crippen LogP contribution is 2.30. The number of nitrogens with zero attached hydrogens (tertiary/aromatic N) is 3. The topological polar surface area (TPSA) is 72.4 Å². The molecule has 6 nitrogen and oxygen atoms in total. The lowest BCUT2D eigenvalue weighted by molar-refractivity contribution is 0.128. The summed E-state index contributed by atoms with van der Waals surface area (Å²) in [5.41, 5.74) is 0.827. The van der Waals surface area contributed by atoms with E-state index in [0.29, 0.717) is 36.1 Å². The number of halogens is 1. The molecule has 3 rings (SSSR count). The lowest BCUT2D eigenvalue weighted by atomic mass is 10.1. The van der Waals surface area contributed by atoms with Crippen LogP contribution in [0.2, 0.25) is 4.34 Å². The van der Waals surface area contributed by atoms with Gasteiger partial charge in [0, 0.05) is 19.2 Å². The van der Waals surface area contributed by atoms with Gasteiger partial charge in [0.2, 0.25) is 5.88 Å². The second kappa shape index (κ2) is 6.72. The molecule has 0 saturated carbocycles. The number of hydrogen-bond acceptors (Lipinski definition) is 6. The highest BCUT2D eigenvalue weighted by atomic mass is 35.5. The molecule has 0 aliphatic carbocycles. The van der Waals surface area contributed by atoms with Crippen LogP contribution in [0.5, 0.6) is 5.88 Å². The van der Waals surface area contributed by atoms with Gasteiger partial charge in [-0.3, -0.25) is 0 Å². The van der Waals surface area contributed by atoms with Crippen LogP contribution in [0.25, 0.3) is 0 Å². The monoisotopic (exact) mass is 373 g/mol. The van der Waals surface area contributed by atoms with Crippen molar-refractivity contribution in [3.63, 3.8) is 0 Å². The molecular formula is C14H16ClN3O3S2. The van der Waals surface area contributed by atoms with Crippen LogP contribution in [-0.4, -0.2) is 42.1 Å². The Morgan fingerprint density at radius 1 is 1.22 bits per heavy atom. The Balaban J connectivity index is 1.61. The molecule has 0 N–H and O–H groups in total. The van der Waals surface area contributed by atoms with Crippen LogP contribution in [0.4, 0.5) is 0 Å². The molecule has 0 unspecified atom stereocenters. The minimum Gasteiger partial charge on any atom is -0.473 e. The molecule has 0 spiro atoms. The fraction of sp³-hybridized carbons (Fsp3) is 0.429. The van der Waals surface area contributed by atoms with Gasteiger partial charge in [-0.25, -0.2) is 8.42 Å². The van der Waals surface area contributed by atoms with E-state index in [0.717, 1.165) is 17.0 Å². The number of thiophene rings is 1. The van der Waals surface area contributed by atoms with Crippen molar-refractivity contribution in [2.75, 3.05) is 13.1 Å². The van der Waals surface area contributed by atoms with Crippen molar-refractivity contribution in [3.8, 4) is 5.88 Å². The zero-order valence-corrected chi connectivity index (χ0v) is 14.9. The Bertz CT molecular complexity index is 769. The normalized spacial score (nSPS) is 17.3. The lowest BCUT2D eigenvalue weighted by Gasteiger charge is -2.30. The largest absolute Gasteiger partial charge is 0.473 e. The van der Waals surface area contributed by atoms with Gasteiger partial charge in [0.05, 0.1) is 10.0 Å². The van der Waals surface area contributed by atoms with Gasteiger partial charge in [0.1, 0.15) is 10.3 Å². The van der Waals surface area contributed by atoms with E-state index in [2.05, 4.69) is 10.2 Å². The zero-order chi connectivity index (χ0) is 16.4. The summed E-state index contributed by atoms with van der Waals surface area (Å²) >= 11 is 6.91. The summed E-state index contributed by atoms with van der Waals surface area (Å²) in [6.45, 7) is 2.70. The molecule has 2 aromatic rings. The third kappa shape index (κ3) is 3.82. The van der Waals surface area contributed by atoms with Gasteiger partial charge in [-0.15, -0.1) is 16.4 Å². The third-order valence-electron chi connectivity index (χ3n) is 3.60. The van der Waals surface area contributed by atoms with Gasteiger partial charge >= 0.3 is 0 Å². The smallest absolute Gasteiger partial charge is 0.252 e. The van der Waals surface area contributed by atoms with Crippen molar-refractivity contribution in [2.45, 2.75) is 30.1 Å². The minimum absolute atomic E-state index is 0.0506. The highest BCUT2D eigenvalue weighted by molar-refractivity contribution is 7.91. The molecule has 23 heavy (non-hydrogen) atoms. The Hall–Kier alpha value is -1.22. The molecule has 1 aliphatic rings. The molecule has 0 radical (unpaired) electrons. The molecule has 1 saturated heterocycles. The van der Waals surface area contributed by atoms with Gasteiger partial charge in [0.25, 0.3) is 10.0 Å². The van der Waals surface area contributed by atoms with E-state index in [1.807, 2.05) is 13.0 Å². The average Bonchev–Trinajstić information content (AvgIpc) is 2.98. The number of piperidine rings is 1. The second-order valence-electron chi connectivity index (χ2n) is 5.29. The Labute approximate surface area is 144 Å². The van der Waals surface area contributed by atoms with E-state index in [1.165, 1.54) is 4.31 Å². The van der Waals surface area contributed by atoms with Crippen molar-refractivity contribution in [1.82, 2.24) is 14.5 Å². The van der Waals surface area contributed by atoms with Crippen molar-refractivity contribution in [1.29, 1.82) is 0 Å². The van der Waals surface area contributed by atoms with Crippen LogP contribution < -0.4 is 4.74 Å². The minimum atomic E-state index is -3.46. The molecule has 0 amide bonds. The Morgan fingerprint density at radius 2 is 1.96 bits per heavy atom. The van der Waals surface area contributed by atoms with E-state index < -0.39 is 10.0 Å². The first-order valence-corrected chi connectivity index (χ1v) is 9.81. The van der Waals surface area contributed by atoms with Gasteiger partial charge in [-0.1, -0.05) is 11.6 Å². The van der Waals surface area contributed by atoms with Crippen LogP contribution in [0, 0.1) is 6.92 Å². The van der Waals surface area contributed by atoms with E-state index in [1.54, 1.807) is 18.2 Å². The molecule has 0 atom stereocenters. The SMILES string of the molecule is Cc1ccc(OC2CCN(S(=O)(=O)c3ccc(Cl)s3)CC2)nn1. The van der Waals surface area contributed by atoms with E-state index >= 15 is 0 Å². The standard InChI is InChI=1S/C14H16ClN3O3S2/c1-10-2-4-13(17-16-10)21-11-6-8-18(9-7-11)23(19,20)14-5-3-12(15)22-14/h2-5,11H,6-9H2,1H3. The van der Waals surface area contributed by atoms with Gasteiger partial charge in [-0.2, -0.15) is 9.40 Å². The Kier molecular flexibility index (Phi) is 4.86. The number of sulfonamides is 1. The summed E-state index contributed by atoms with van der Waals surface area (Å²) in [4.78, 5) is 0. The molecule has 9 heteroatoms. The van der Waals surface area contributed by atoms with E-state index in [4.69, 9.17) is 16.3 Å². The molecule has 1 aliphatic heterocycles. The summed E-state index contributed by atoms with van der Waals surface area (Å²) in [6.07, 6.45) is 1.19. The number of aromatic nitrogens is 2. The molecule has 0 bridgehead atoms. The number of rotatable bonds is 4. The third-order valence-corrected chi connectivity index (χ3v) is 7.20. The summed E-state index contributed by atoms with van der Waals surface area (Å²) in [5.74, 6) is 0.474. The van der Waals surface area contributed by atoms with Crippen LogP contribution >= 0.6 is 22.9 Å². The van der Waals surface area contributed by atoms with Crippen LogP contribution in [0.3, 0.4) is 0 Å². The first kappa shape index (κ1) is 16.6. The molecular weight excluding hydrogens is 358 g/mol. The van der Waals surface area contributed by atoms with Crippen LogP contribution in [-0.2, 0) is 10.0 Å². The first-order chi connectivity index (χ1) is 10.9. The summed E-state index contributed by atoms with van der Waals surface area (Å²) < 4.78 is 33.0. The predicted octanol–water partition coefficient (Wildman–Crippen LogP) is 2.73. The number of ether oxygens (including phenoxy) is 1. The van der Waals surface area contributed by atoms with Gasteiger partial charge in [0.15, 0.2) is 0 Å². The molecule has 1 fully saturated rings. The van der Waals surface area contributed by atoms with E-state index in [-0.39, 0.29) is 10.3 Å². The maximum Gasteiger partial charge on any atom is 0.252 e. The fourth-order valence-electron chi connectivity index (χ4n) is 2.37. The maximum absolute atomic E-state index is 12.5. The molecule has 124 valence electrons. The fourth-order valence-corrected chi connectivity index (χ4v) is 5.48. The summed E-state index contributed by atoms with van der Waals surface area (Å²) in [7, 11) is -3.46. The predicted molar refractivity (Wildman–Crippen MR) is 88.5 cm³/mol.